The second-order valence-corrected chi connectivity index (χ2v) is 6.94. The largest absolute Gasteiger partial charge is 0.454 e. The topological polar surface area (TPSA) is 73.5 Å². The third-order valence-electron chi connectivity index (χ3n) is 4.95. The molecule has 29 heavy (non-hydrogen) atoms. The molecule has 6 nitrogen and oxygen atoms in total. The van der Waals surface area contributed by atoms with Crippen LogP contribution < -0.4 is 5.32 Å². The monoisotopic (exact) mass is 390 g/mol. The molecule has 2 aromatic carbocycles. The van der Waals surface area contributed by atoms with Crippen LogP contribution in [0.25, 0.3) is 21.8 Å². The fraction of sp³-hybridized carbons (Fsp3) is 0.217. The molecule has 2 aromatic heterocycles. The van der Waals surface area contributed by atoms with Crippen molar-refractivity contribution in [1.29, 1.82) is 0 Å². The van der Waals surface area contributed by atoms with Crippen LogP contribution in [0.3, 0.4) is 0 Å². The third kappa shape index (κ3) is 3.49. The van der Waals surface area contributed by atoms with E-state index in [-0.39, 0.29) is 5.76 Å². The number of rotatable bonds is 5. The molecule has 0 aliphatic rings. The first-order valence-electron chi connectivity index (χ1n) is 9.57. The Kier molecular flexibility index (Phi) is 4.84. The highest BCUT2D eigenvalue weighted by atomic mass is 16.6. The van der Waals surface area contributed by atoms with Crippen LogP contribution in [0.15, 0.2) is 59.0 Å². The van der Waals surface area contributed by atoms with Crippen molar-refractivity contribution in [3.8, 4) is 0 Å². The molecule has 0 aliphatic carbocycles. The van der Waals surface area contributed by atoms with Crippen LogP contribution in [0.2, 0.25) is 0 Å². The Balaban J connectivity index is 1.55. The number of aromatic nitrogens is 1. The summed E-state index contributed by atoms with van der Waals surface area (Å²) in [5, 5.41) is 5.03. The fourth-order valence-corrected chi connectivity index (χ4v) is 3.53. The number of carbonyl (C=O) groups is 2. The summed E-state index contributed by atoms with van der Waals surface area (Å²) in [6.45, 7) is 6.23. The number of esters is 1. The van der Waals surface area contributed by atoms with Crippen molar-refractivity contribution in [3.05, 3.63) is 66.1 Å². The molecule has 2 heterocycles. The summed E-state index contributed by atoms with van der Waals surface area (Å²) in [5.41, 5.74) is 2.92. The highest BCUT2D eigenvalue weighted by Crippen LogP contribution is 2.31. The summed E-state index contributed by atoms with van der Waals surface area (Å²) >= 11 is 0. The molecule has 0 saturated heterocycles. The van der Waals surface area contributed by atoms with Crippen LogP contribution in [-0.4, -0.2) is 22.5 Å². The molecule has 1 unspecified atom stereocenters. The maximum Gasteiger partial charge on any atom is 0.375 e. The van der Waals surface area contributed by atoms with Gasteiger partial charge in [0.25, 0.3) is 5.91 Å². The van der Waals surface area contributed by atoms with Crippen molar-refractivity contribution >= 4 is 39.4 Å². The molecule has 0 bridgehead atoms. The van der Waals surface area contributed by atoms with Gasteiger partial charge in [0.1, 0.15) is 5.76 Å². The van der Waals surface area contributed by atoms with E-state index in [1.165, 1.54) is 13.0 Å². The summed E-state index contributed by atoms with van der Waals surface area (Å²) in [6.07, 6.45) is -0.958. The lowest BCUT2D eigenvalue weighted by Crippen LogP contribution is -2.29. The van der Waals surface area contributed by atoms with E-state index >= 15 is 0 Å². The highest BCUT2D eigenvalue weighted by Gasteiger charge is 2.21. The minimum absolute atomic E-state index is 0.0796. The number of aryl methyl sites for hydroxylation is 2. The minimum Gasteiger partial charge on any atom is -0.454 e. The average Bonchev–Trinajstić information content (AvgIpc) is 3.29. The second-order valence-electron chi connectivity index (χ2n) is 6.94. The van der Waals surface area contributed by atoms with Crippen LogP contribution in [0, 0.1) is 6.92 Å². The van der Waals surface area contributed by atoms with Gasteiger partial charge in [-0.3, -0.25) is 4.79 Å². The molecule has 0 spiro atoms. The molecule has 0 saturated carbocycles. The number of nitrogens with one attached hydrogen (secondary N) is 1. The van der Waals surface area contributed by atoms with Gasteiger partial charge in [-0.15, -0.1) is 0 Å². The van der Waals surface area contributed by atoms with Gasteiger partial charge in [0, 0.05) is 34.0 Å². The van der Waals surface area contributed by atoms with E-state index < -0.39 is 18.0 Å². The van der Waals surface area contributed by atoms with Gasteiger partial charge < -0.3 is 19.0 Å². The fourth-order valence-electron chi connectivity index (χ4n) is 3.53. The lowest BCUT2D eigenvalue weighted by atomic mass is 10.1. The molecular weight excluding hydrogens is 368 g/mol. The first-order valence-corrected chi connectivity index (χ1v) is 9.57. The number of carbonyl (C=O) groups excluding carboxylic acids is 2. The number of furan rings is 1. The summed E-state index contributed by atoms with van der Waals surface area (Å²) in [4.78, 5) is 24.6. The van der Waals surface area contributed by atoms with Gasteiger partial charge in [-0.05, 0) is 57.2 Å². The van der Waals surface area contributed by atoms with Gasteiger partial charge in [0.2, 0.25) is 5.76 Å². The minimum atomic E-state index is -0.958. The van der Waals surface area contributed by atoms with Crippen molar-refractivity contribution in [2.45, 2.75) is 33.4 Å². The number of ether oxygens (including phenoxy) is 1. The zero-order valence-electron chi connectivity index (χ0n) is 16.6. The molecule has 0 aliphatic heterocycles. The first-order chi connectivity index (χ1) is 14.0. The molecule has 4 aromatic rings. The van der Waals surface area contributed by atoms with Gasteiger partial charge >= 0.3 is 5.97 Å². The number of benzene rings is 2. The Labute approximate surface area is 168 Å². The van der Waals surface area contributed by atoms with E-state index in [4.69, 9.17) is 9.15 Å². The first kappa shape index (κ1) is 18.8. The van der Waals surface area contributed by atoms with Gasteiger partial charge in [-0.2, -0.15) is 0 Å². The normalized spacial score (nSPS) is 12.2. The molecule has 6 heteroatoms. The van der Waals surface area contributed by atoms with Crippen molar-refractivity contribution in [1.82, 2.24) is 4.57 Å². The number of hydrogen-bond acceptors (Lipinski definition) is 4. The molecule has 1 amide bonds. The van der Waals surface area contributed by atoms with E-state index in [1.807, 2.05) is 30.3 Å². The number of fused-ring (bicyclic) bond motifs is 3. The lowest BCUT2D eigenvalue weighted by molar-refractivity contribution is -0.123. The summed E-state index contributed by atoms with van der Waals surface area (Å²) in [6, 6.07) is 17.2. The summed E-state index contributed by atoms with van der Waals surface area (Å²) in [7, 11) is 0. The average molecular weight is 390 g/mol. The lowest BCUT2D eigenvalue weighted by Gasteiger charge is -2.13. The van der Waals surface area contributed by atoms with E-state index in [2.05, 4.69) is 28.9 Å². The Morgan fingerprint density at radius 3 is 2.55 bits per heavy atom. The van der Waals surface area contributed by atoms with Crippen LogP contribution in [0.4, 0.5) is 5.69 Å². The second kappa shape index (κ2) is 7.47. The Bertz CT molecular complexity index is 1220. The number of nitrogens with zero attached hydrogens (tertiary/aromatic N) is 1. The van der Waals surface area contributed by atoms with Crippen LogP contribution >= 0.6 is 0 Å². The molecule has 4 rings (SSSR count). The number of anilines is 1. The Hall–Kier alpha value is -3.54. The van der Waals surface area contributed by atoms with Gasteiger partial charge in [0.15, 0.2) is 6.10 Å². The van der Waals surface area contributed by atoms with Crippen molar-refractivity contribution in [3.63, 3.8) is 0 Å². The SMILES string of the molecule is CCn1c2ccccc2c2cc(NC(=O)C(C)OC(=O)c3ccc(C)o3)ccc21. The molecule has 1 N–H and O–H groups in total. The summed E-state index contributed by atoms with van der Waals surface area (Å²) in [5.74, 6) is -0.382. The zero-order chi connectivity index (χ0) is 20.5. The number of hydrogen-bond donors (Lipinski definition) is 1. The maximum atomic E-state index is 12.5. The van der Waals surface area contributed by atoms with Gasteiger partial charge in [-0.1, -0.05) is 18.2 Å². The van der Waals surface area contributed by atoms with E-state index in [0.717, 1.165) is 28.4 Å². The smallest absolute Gasteiger partial charge is 0.375 e. The van der Waals surface area contributed by atoms with E-state index in [9.17, 15) is 9.59 Å². The number of para-hydroxylation sites is 1. The Morgan fingerprint density at radius 2 is 1.83 bits per heavy atom. The van der Waals surface area contributed by atoms with Crippen LogP contribution in [0.1, 0.15) is 30.2 Å². The quantitative estimate of drug-likeness (QED) is 0.492. The predicted octanol–water partition coefficient (Wildman–Crippen LogP) is 4.90. The Morgan fingerprint density at radius 1 is 1.07 bits per heavy atom. The zero-order valence-corrected chi connectivity index (χ0v) is 16.6. The maximum absolute atomic E-state index is 12.5. The highest BCUT2D eigenvalue weighted by molar-refractivity contribution is 6.10. The molecular formula is C23H22N2O4. The molecule has 0 fully saturated rings. The van der Waals surface area contributed by atoms with Gasteiger partial charge in [0.05, 0.1) is 0 Å². The number of amides is 1. The standard InChI is InChI=1S/C23H22N2O4/c1-4-25-19-8-6-5-7-17(19)18-13-16(10-11-20(18)25)24-22(26)15(3)29-23(27)21-12-9-14(2)28-21/h5-13,15H,4H2,1-3H3,(H,24,26). The van der Waals surface area contributed by atoms with E-state index in [1.54, 1.807) is 13.0 Å². The van der Waals surface area contributed by atoms with Gasteiger partial charge in [-0.25, -0.2) is 4.79 Å². The summed E-state index contributed by atoms with van der Waals surface area (Å²) < 4.78 is 12.7. The van der Waals surface area contributed by atoms with Crippen molar-refractivity contribution < 1.29 is 18.7 Å². The third-order valence-corrected chi connectivity index (χ3v) is 4.95. The van der Waals surface area contributed by atoms with E-state index in [0.29, 0.717) is 11.4 Å². The van der Waals surface area contributed by atoms with Crippen molar-refractivity contribution in [2.24, 2.45) is 0 Å². The molecule has 0 radical (unpaired) electrons. The van der Waals surface area contributed by atoms with Crippen molar-refractivity contribution in [2.75, 3.05) is 5.32 Å². The van der Waals surface area contributed by atoms with Crippen LogP contribution in [0.5, 0.6) is 0 Å². The molecule has 148 valence electrons. The van der Waals surface area contributed by atoms with Crippen LogP contribution in [-0.2, 0) is 16.1 Å². The molecule has 1 atom stereocenters. The predicted molar refractivity (Wildman–Crippen MR) is 112 cm³/mol.